The van der Waals surface area contributed by atoms with Gasteiger partial charge in [0.1, 0.15) is 5.82 Å². The van der Waals surface area contributed by atoms with Gasteiger partial charge in [0.2, 0.25) is 0 Å². The second-order valence-electron chi connectivity index (χ2n) is 9.86. The van der Waals surface area contributed by atoms with E-state index in [2.05, 4.69) is 35.8 Å². The molecular formula is C26H35N5O. The minimum atomic E-state index is -0.139. The van der Waals surface area contributed by atoms with Crippen molar-refractivity contribution in [2.45, 2.75) is 77.4 Å². The van der Waals surface area contributed by atoms with Crippen LogP contribution in [0.15, 0.2) is 42.6 Å². The molecule has 6 heteroatoms. The van der Waals surface area contributed by atoms with Gasteiger partial charge in [0.25, 0.3) is 5.91 Å². The third-order valence-corrected chi connectivity index (χ3v) is 6.23. The Morgan fingerprint density at radius 3 is 2.59 bits per heavy atom. The molecule has 0 unspecified atom stereocenters. The van der Waals surface area contributed by atoms with Gasteiger partial charge in [-0.15, -0.1) is 0 Å². The number of pyridine rings is 1. The average Bonchev–Trinajstić information content (AvgIpc) is 3.17. The van der Waals surface area contributed by atoms with Gasteiger partial charge in [-0.05, 0) is 36.1 Å². The van der Waals surface area contributed by atoms with Crippen LogP contribution in [0.3, 0.4) is 0 Å². The minimum Gasteiger partial charge on any atom is -0.367 e. The largest absolute Gasteiger partial charge is 0.367 e. The molecule has 3 aromatic rings. The lowest BCUT2D eigenvalue weighted by Crippen LogP contribution is -2.25. The van der Waals surface area contributed by atoms with Crippen molar-refractivity contribution in [2.24, 2.45) is 5.73 Å². The number of fused-ring (bicyclic) bond motifs is 1. The number of nitrogens with two attached hydrogens (primary N) is 1. The number of imidazole rings is 1. The molecule has 6 nitrogen and oxygen atoms in total. The van der Waals surface area contributed by atoms with Crippen molar-refractivity contribution < 1.29 is 4.79 Å². The van der Waals surface area contributed by atoms with Crippen LogP contribution in [0, 0.1) is 0 Å². The predicted molar refractivity (Wildman–Crippen MR) is 130 cm³/mol. The lowest BCUT2D eigenvalue weighted by Gasteiger charge is -2.26. The molecule has 1 aliphatic rings. The Hall–Kier alpha value is -2.86. The van der Waals surface area contributed by atoms with Gasteiger partial charge in [-0.1, -0.05) is 64.3 Å². The van der Waals surface area contributed by atoms with Crippen LogP contribution in [-0.4, -0.2) is 21.3 Å². The normalized spacial score (nSPS) is 15.1. The molecular weight excluding hydrogens is 398 g/mol. The topological polar surface area (TPSA) is 84.5 Å². The number of benzene rings is 1. The first-order valence-electron chi connectivity index (χ1n) is 11.7. The number of rotatable bonds is 6. The zero-order valence-corrected chi connectivity index (χ0v) is 19.4. The van der Waals surface area contributed by atoms with Crippen LogP contribution in [0.5, 0.6) is 0 Å². The molecule has 1 aromatic carbocycles. The van der Waals surface area contributed by atoms with Crippen molar-refractivity contribution in [1.82, 2.24) is 14.7 Å². The van der Waals surface area contributed by atoms with Gasteiger partial charge in [-0.25, -0.2) is 4.98 Å². The summed E-state index contributed by atoms with van der Waals surface area (Å²) in [6.45, 7) is 7.45. The molecule has 1 aliphatic carbocycles. The second kappa shape index (κ2) is 9.33. The Balaban J connectivity index is 1.64. The summed E-state index contributed by atoms with van der Waals surface area (Å²) in [6, 6.07) is 12.2. The predicted octanol–water partition coefficient (Wildman–Crippen LogP) is 4.77. The first-order chi connectivity index (χ1) is 15.4. The highest BCUT2D eigenvalue weighted by Crippen LogP contribution is 2.33. The number of carbonyl (C=O) groups is 1. The van der Waals surface area contributed by atoms with E-state index >= 15 is 0 Å². The number of hydrogen-bond donors (Lipinski definition) is 3. The van der Waals surface area contributed by atoms with Crippen LogP contribution in [-0.2, 0) is 18.5 Å². The third kappa shape index (κ3) is 4.80. The Morgan fingerprint density at radius 1 is 1.12 bits per heavy atom. The number of hydrogen-bond acceptors (Lipinski definition) is 4. The zero-order chi connectivity index (χ0) is 22.7. The van der Waals surface area contributed by atoms with Crippen molar-refractivity contribution >= 4 is 17.4 Å². The Kier molecular flexibility index (Phi) is 6.51. The lowest BCUT2D eigenvalue weighted by atomic mass is 9.91. The van der Waals surface area contributed by atoms with E-state index < -0.39 is 0 Å². The second-order valence-corrected chi connectivity index (χ2v) is 9.86. The molecule has 1 amide bonds. The fourth-order valence-electron chi connectivity index (χ4n) is 4.49. The molecule has 2 aromatic heterocycles. The van der Waals surface area contributed by atoms with Gasteiger partial charge < -0.3 is 16.4 Å². The molecule has 2 heterocycles. The smallest absolute Gasteiger partial charge is 0.255 e. The Morgan fingerprint density at radius 2 is 1.88 bits per heavy atom. The summed E-state index contributed by atoms with van der Waals surface area (Å²) in [5, 5.41) is 6.83. The van der Waals surface area contributed by atoms with Crippen LogP contribution in [0.4, 0.5) is 5.82 Å². The number of aromatic nitrogens is 2. The molecule has 0 atom stereocenters. The maximum Gasteiger partial charge on any atom is 0.255 e. The van der Waals surface area contributed by atoms with Crippen molar-refractivity contribution in [3.63, 3.8) is 0 Å². The molecule has 170 valence electrons. The summed E-state index contributed by atoms with van der Waals surface area (Å²) >= 11 is 0. The van der Waals surface area contributed by atoms with Crippen molar-refractivity contribution in [3.8, 4) is 0 Å². The fraction of sp³-hybridized carbons (Fsp3) is 0.462. The molecule has 0 aliphatic heterocycles. The molecule has 1 saturated carbocycles. The van der Waals surface area contributed by atoms with E-state index in [-0.39, 0.29) is 11.3 Å². The minimum absolute atomic E-state index is 0.122. The van der Waals surface area contributed by atoms with Gasteiger partial charge in [-0.3, -0.25) is 9.20 Å². The van der Waals surface area contributed by atoms with E-state index in [9.17, 15) is 4.79 Å². The van der Waals surface area contributed by atoms with Gasteiger partial charge in [0.15, 0.2) is 5.65 Å². The molecule has 0 bridgehead atoms. The van der Waals surface area contributed by atoms with Crippen molar-refractivity contribution in [1.29, 1.82) is 0 Å². The SMILES string of the molecule is CC(C)(C)c1nc2c(C(=O)NCc3cccc(CN)c3)cccn2c1NC1CCCCC1. The van der Waals surface area contributed by atoms with Crippen molar-refractivity contribution in [2.75, 3.05) is 5.32 Å². The molecule has 0 saturated heterocycles. The maximum absolute atomic E-state index is 13.1. The van der Waals surface area contributed by atoms with Crippen LogP contribution in [0.2, 0.25) is 0 Å². The van der Waals surface area contributed by atoms with Gasteiger partial charge >= 0.3 is 0 Å². The molecule has 32 heavy (non-hydrogen) atoms. The number of carbonyl (C=O) groups excluding carboxylic acids is 1. The molecule has 4 N–H and O–H groups in total. The summed E-state index contributed by atoms with van der Waals surface area (Å²) in [5.74, 6) is 0.896. The summed E-state index contributed by atoms with van der Waals surface area (Å²) in [5.41, 5.74) is 9.98. The highest BCUT2D eigenvalue weighted by Gasteiger charge is 2.27. The fourth-order valence-corrected chi connectivity index (χ4v) is 4.49. The van der Waals surface area contributed by atoms with Crippen LogP contribution < -0.4 is 16.4 Å². The maximum atomic E-state index is 13.1. The highest BCUT2D eigenvalue weighted by molar-refractivity contribution is 6.00. The first-order valence-corrected chi connectivity index (χ1v) is 11.7. The Bertz CT molecular complexity index is 1090. The van der Waals surface area contributed by atoms with Crippen LogP contribution >= 0.6 is 0 Å². The third-order valence-electron chi connectivity index (χ3n) is 6.23. The summed E-state index contributed by atoms with van der Waals surface area (Å²) in [6.07, 6.45) is 8.20. The highest BCUT2D eigenvalue weighted by atomic mass is 16.1. The Labute approximate surface area is 190 Å². The summed E-state index contributed by atoms with van der Waals surface area (Å²) < 4.78 is 2.05. The zero-order valence-electron chi connectivity index (χ0n) is 19.4. The van der Waals surface area contributed by atoms with Crippen molar-refractivity contribution in [3.05, 3.63) is 65.0 Å². The molecule has 0 spiro atoms. The van der Waals surface area contributed by atoms with E-state index in [1.165, 1.54) is 32.1 Å². The van der Waals surface area contributed by atoms with Crippen LogP contribution in [0.1, 0.15) is 80.1 Å². The van der Waals surface area contributed by atoms with E-state index in [1.54, 1.807) is 0 Å². The first kappa shape index (κ1) is 22.3. The number of anilines is 1. The number of nitrogens with zero attached hydrogens (tertiary/aromatic N) is 2. The van der Waals surface area contributed by atoms with Gasteiger partial charge in [-0.2, -0.15) is 0 Å². The van der Waals surface area contributed by atoms with Gasteiger partial charge in [0.05, 0.1) is 11.3 Å². The quantitative estimate of drug-likeness (QED) is 0.523. The molecule has 4 rings (SSSR count). The van der Waals surface area contributed by atoms with E-state index in [4.69, 9.17) is 10.7 Å². The van der Waals surface area contributed by atoms with Crippen LogP contribution in [0.25, 0.3) is 5.65 Å². The monoisotopic (exact) mass is 433 g/mol. The summed E-state index contributed by atoms with van der Waals surface area (Å²) in [7, 11) is 0. The van der Waals surface area contributed by atoms with E-state index in [0.29, 0.717) is 30.3 Å². The standard InChI is InChI=1S/C26H35N5O/c1-26(2,3)22-24(29-20-11-5-4-6-12-20)31-14-8-13-21(23(31)30-22)25(32)28-17-19-10-7-9-18(15-19)16-27/h7-10,13-15,20,29H,4-6,11-12,16-17,27H2,1-3H3,(H,28,32). The molecule has 1 fully saturated rings. The van der Waals surface area contributed by atoms with E-state index in [0.717, 1.165) is 22.6 Å². The number of nitrogens with one attached hydrogen (secondary N) is 2. The number of amides is 1. The lowest BCUT2D eigenvalue weighted by molar-refractivity contribution is 0.0952. The molecule has 0 radical (unpaired) electrons. The summed E-state index contributed by atoms with van der Waals surface area (Å²) in [4.78, 5) is 18.1. The average molecular weight is 434 g/mol. The van der Waals surface area contributed by atoms with Gasteiger partial charge in [0, 0.05) is 30.7 Å². The van der Waals surface area contributed by atoms with E-state index in [1.807, 2.05) is 42.6 Å².